The summed E-state index contributed by atoms with van der Waals surface area (Å²) in [6.45, 7) is 6.53. The van der Waals surface area contributed by atoms with Gasteiger partial charge in [0.25, 0.3) is 0 Å². The SMILES string of the molecule is Cc1nc2c(s1)C(N(C)C(=O)CC(C)C1CCNCC1)CCC2. The third kappa shape index (κ3) is 3.77. The number of carbonyl (C=O) groups excluding carboxylic acids is 1. The highest BCUT2D eigenvalue weighted by Crippen LogP contribution is 2.38. The first kappa shape index (κ1) is 16.9. The van der Waals surface area contributed by atoms with Crippen molar-refractivity contribution in [3.05, 3.63) is 15.6 Å². The maximum atomic E-state index is 12.8. The first-order chi connectivity index (χ1) is 11.1. The van der Waals surface area contributed by atoms with Crippen molar-refractivity contribution in [2.75, 3.05) is 20.1 Å². The third-order valence-corrected chi connectivity index (χ3v) is 6.69. The molecule has 5 heteroatoms. The Labute approximate surface area is 143 Å². The molecular weight excluding hydrogens is 306 g/mol. The lowest BCUT2D eigenvalue weighted by Crippen LogP contribution is -2.36. The highest BCUT2D eigenvalue weighted by atomic mass is 32.1. The molecule has 23 heavy (non-hydrogen) atoms. The number of fused-ring (bicyclic) bond motifs is 1. The minimum atomic E-state index is 0.248. The summed E-state index contributed by atoms with van der Waals surface area (Å²) in [6.07, 6.45) is 6.40. The van der Waals surface area contributed by atoms with Crippen LogP contribution >= 0.6 is 11.3 Å². The van der Waals surface area contributed by atoms with Crippen molar-refractivity contribution in [2.45, 2.75) is 58.4 Å². The van der Waals surface area contributed by atoms with Crippen LogP contribution in [0.15, 0.2) is 0 Å². The molecule has 1 aromatic rings. The van der Waals surface area contributed by atoms with E-state index >= 15 is 0 Å². The number of aryl methyl sites for hydroxylation is 2. The van der Waals surface area contributed by atoms with Gasteiger partial charge in [-0.1, -0.05) is 6.92 Å². The number of amides is 1. The Bertz CT molecular complexity index is 550. The smallest absolute Gasteiger partial charge is 0.223 e. The van der Waals surface area contributed by atoms with E-state index in [9.17, 15) is 4.79 Å². The first-order valence-corrected chi connectivity index (χ1v) is 9.80. The van der Waals surface area contributed by atoms with E-state index < -0.39 is 0 Å². The van der Waals surface area contributed by atoms with Crippen molar-refractivity contribution < 1.29 is 4.79 Å². The van der Waals surface area contributed by atoms with Crippen LogP contribution in [0, 0.1) is 18.8 Å². The number of aromatic nitrogens is 1. The van der Waals surface area contributed by atoms with Crippen LogP contribution in [-0.2, 0) is 11.2 Å². The monoisotopic (exact) mass is 335 g/mol. The molecule has 4 nitrogen and oxygen atoms in total. The highest BCUT2D eigenvalue weighted by molar-refractivity contribution is 7.11. The second-order valence-electron chi connectivity index (χ2n) is 7.23. The van der Waals surface area contributed by atoms with Gasteiger partial charge in [-0.25, -0.2) is 4.98 Å². The quantitative estimate of drug-likeness (QED) is 0.918. The average molecular weight is 336 g/mol. The predicted octanol–water partition coefficient (Wildman–Crippen LogP) is 3.31. The van der Waals surface area contributed by atoms with Crippen molar-refractivity contribution in [1.29, 1.82) is 0 Å². The van der Waals surface area contributed by atoms with Crippen molar-refractivity contribution in [2.24, 2.45) is 11.8 Å². The Morgan fingerprint density at radius 2 is 2.13 bits per heavy atom. The maximum absolute atomic E-state index is 12.8. The van der Waals surface area contributed by atoms with Crippen molar-refractivity contribution >= 4 is 17.2 Å². The molecule has 1 fully saturated rings. The molecule has 1 aliphatic heterocycles. The molecule has 0 bridgehead atoms. The van der Waals surface area contributed by atoms with Gasteiger partial charge in [-0.05, 0) is 64.0 Å². The lowest BCUT2D eigenvalue weighted by Gasteiger charge is -2.33. The molecule has 1 amide bonds. The lowest BCUT2D eigenvalue weighted by molar-refractivity contribution is -0.133. The van der Waals surface area contributed by atoms with Crippen LogP contribution in [-0.4, -0.2) is 35.9 Å². The van der Waals surface area contributed by atoms with Crippen LogP contribution in [0.4, 0.5) is 0 Å². The van der Waals surface area contributed by atoms with Crippen LogP contribution in [0.5, 0.6) is 0 Å². The molecule has 3 rings (SSSR count). The minimum Gasteiger partial charge on any atom is -0.338 e. The van der Waals surface area contributed by atoms with E-state index in [1.54, 1.807) is 11.3 Å². The van der Waals surface area contributed by atoms with Gasteiger partial charge in [0.2, 0.25) is 5.91 Å². The number of rotatable bonds is 4. The van der Waals surface area contributed by atoms with Crippen molar-refractivity contribution in [3.63, 3.8) is 0 Å². The molecule has 1 aromatic heterocycles. The van der Waals surface area contributed by atoms with E-state index in [4.69, 9.17) is 0 Å². The van der Waals surface area contributed by atoms with E-state index in [0.29, 0.717) is 24.2 Å². The van der Waals surface area contributed by atoms with Gasteiger partial charge in [-0.2, -0.15) is 0 Å². The average Bonchev–Trinajstić information content (AvgIpc) is 2.95. The van der Waals surface area contributed by atoms with E-state index in [0.717, 1.165) is 37.4 Å². The number of piperidine rings is 1. The van der Waals surface area contributed by atoms with Gasteiger partial charge < -0.3 is 10.2 Å². The van der Waals surface area contributed by atoms with E-state index in [1.165, 1.54) is 23.4 Å². The number of carbonyl (C=O) groups is 1. The molecule has 1 aliphatic carbocycles. The standard InChI is InChI=1S/C18H29N3OS/c1-12(14-7-9-19-10-8-14)11-17(22)21(3)16-6-4-5-15-18(16)23-13(2)20-15/h12,14,16,19H,4-11H2,1-3H3. The lowest BCUT2D eigenvalue weighted by atomic mass is 9.83. The summed E-state index contributed by atoms with van der Waals surface area (Å²) in [5.41, 5.74) is 1.23. The molecule has 1 N–H and O–H groups in total. The molecule has 1 saturated heterocycles. The van der Waals surface area contributed by atoms with Gasteiger partial charge in [0.15, 0.2) is 0 Å². The van der Waals surface area contributed by atoms with E-state index in [-0.39, 0.29) is 6.04 Å². The number of hydrogen-bond acceptors (Lipinski definition) is 4. The third-order valence-electron chi connectivity index (χ3n) is 5.57. The molecule has 128 valence electrons. The Morgan fingerprint density at radius 3 is 2.87 bits per heavy atom. The molecule has 2 atom stereocenters. The Kier molecular flexibility index (Phi) is 5.37. The fourth-order valence-corrected chi connectivity index (χ4v) is 5.21. The predicted molar refractivity (Wildman–Crippen MR) is 94.7 cm³/mol. The summed E-state index contributed by atoms with van der Waals surface area (Å²) in [6, 6.07) is 0.248. The summed E-state index contributed by atoms with van der Waals surface area (Å²) < 4.78 is 0. The van der Waals surface area contributed by atoms with Gasteiger partial charge >= 0.3 is 0 Å². The van der Waals surface area contributed by atoms with Crippen molar-refractivity contribution in [1.82, 2.24) is 15.2 Å². The van der Waals surface area contributed by atoms with Crippen molar-refractivity contribution in [3.8, 4) is 0 Å². The molecule has 0 radical (unpaired) electrons. The summed E-state index contributed by atoms with van der Waals surface area (Å²) in [4.78, 5) is 20.8. The van der Waals surface area contributed by atoms with E-state index in [2.05, 4.69) is 24.1 Å². The fourth-order valence-electron chi connectivity index (χ4n) is 4.06. The minimum absolute atomic E-state index is 0.248. The van der Waals surface area contributed by atoms with Gasteiger partial charge in [-0.15, -0.1) is 11.3 Å². The van der Waals surface area contributed by atoms with Crippen LogP contribution < -0.4 is 5.32 Å². The fraction of sp³-hybridized carbons (Fsp3) is 0.778. The van der Waals surface area contributed by atoms with Crippen LogP contribution in [0.2, 0.25) is 0 Å². The zero-order valence-corrected chi connectivity index (χ0v) is 15.4. The number of nitrogens with one attached hydrogen (secondary N) is 1. The highest BCUT2D eigenvalue weighted by Gasteiger charge is 2.31. The molecular formula is C18H29N3OS. The Balaban J connectivity index is 1.63. The van der Waals surface area contributed by atoms with E-state index in [1.807, 2.05) is 11.9 Å². The zero-order valence-electron chi connectivity index (χ0n) is 14.6. The first-order valence-electron chi connectivity index (χ1n) is 8.99. The van der Waals surface area contributed by atoms with Gasteiger partial charge in [0, 0.05) is 13.5 Å². The normalized spacial score (nSPS) is 23.3. The van der Waals surface area contributed by atoms with Gasteiger partial charge in [0.05, 0.1) is 21.6 Å². The molecule has 2 heterocycles. The molecule has 0 spiro atoms. The molecule has 2 unspecified atom stereocenters. The molecule has 0 saturated carbocycles. The van der Waals surface area contributed by atoms with Crippen LogP contribution in [0.25, 0.3) is 0 Å². The van der Waals surface area contributed by atoms with Gasteiger partial charge in [-0.3, -0.25) is 4.79 Å². The summed E-state index contributed by atoms with van der Waals surface area (Å²) >= 11 is 1.78. The van der Waals surface area contributed by atoms with Crippen LogP contribution in [0.3, 0.4) is 0 Å². The Hall–Kier alpha value is -0.940. The zero-order chi connectivity index (χ0) is 16.4. The summed E-state index contributed by atoms with van der Waals surface area (Å²) in [5, 5.41) is 4.54. The number of thiazole rings is 1. The second kappa shape index (κ2) is 7.31. The second-order valence-corrected chi connectivity index (χ2v) is 8.46. The Morgan fingerprint density at radius 1 is 1.39 bits per heavy atom. The maximum Gasteiger partial charge on any atom is 0.223 e. The summed E-state index contributed by atoms with van der Waals surface area (Å²) in [7, 11) is 1.99. The van der Waals surface area contributed by atoms with Gasteiger partial charge in [0.1, 0.15) is 0 Å². The molecule has 2 aliphatic rings. The molecule has 0 aromatic carbocycles. The number of nitrogens with zero attached hydrogens (tertiary/aromatic N) is 2. The summed E-state index contributed by atoms with van der Waals surface area (Å²) in [5.74, 6) is 1.49. The number of hydrogen-bond donors (Lipinski definition) is 1. The largest absolute Gasteiger partial charge is 0.338 e. The van der Waals surface area contributed by atoms with Crippen LogP contribution in [0.1, 0.15) is 60.6 Å². The topological polar surface area (TPSA) is 45.2 Å².